The van der Waals surface area contributed by atoms with Crippen LogP contribution in [0.2, 0.25) is 0 Å². The summed E-state index contributed by atoms with van der Waals surface area (Å²) in [6.07, 6.45) is 4.73. The molecule has 0 amide bonds. The van der Waals surface area contributed by atoms with Gasteiger partial charge in [0, 0.05) is 6.04 Å². The predicted molar refractivity (Wildman–Crippen MR) is 67.2 cm³/mol. The molecule has 92 valence electrons. The highest BCUT2D eigenvalue weighted by atomic mass is 15.2. The monoisotopic (exact) mass is 223 g/mol. The van der Waals surface area contributed by atoms with E-state index in [0.717, 1.165) is 32.0 Å². The summed E-state index contributed by atoms with van der Waals surface area (Å²) in [4.78, 5) is 2.55. The molecular weight excluding hydrogens is 198 g/mol. The third-order valence-corrected chi connectivity index (χ3v) is 3.63. The Morgan fingerprint density at radius 1 is 1.56 bits per heavy atom. The second kappa shape index (κ2) is 6.22. The van der Waals surface area contributed by atoms with Gasteiger partial charge in [0.05, 0.1) is 6.07 Å². The zero-order valence-electron chi connectivity index (χ0n) is 10.9. The van der Waals surface area contributed by atoms with Crippen LogP contribution in [0.3, 0.4) is 0 Å². The van der Waals surface area contributed by atoms with Gasteiger partial charge in [0.15, 0.2) is 0 Å². The van der Waals surface area contributed by atoms with Gasteiger partial charge >= 0.3 is 0 Å². The van der Waals surface area contributed by atoms with Gasteiger partial charge in [-0.1, -0.05) is 6.92 Å². The fraction of sp³-hybridized carbons (Fsp3) is 0.923. The van der Waals surface area contributed by atoms with E-state index in [1.165, 1.54) is 19.4 Å². The van der Waals surface area contributed by atoms with Gasteiger partial charge in [-0.05, 0) is 59.2 Å². The molecule has 0 spiro atoms. The van der Waals surface area contributed by atoms with Crippen molar-refractivity contribution in [2.45, 2.75) is 58.0 Å². The fourth-order valence-corrected chi connectivity index (χ4v) is 2.53. The van der Waals surface area contributed by atoms with E-state index >= 15 is 0 Å². The van der Waals surface area contributed by atoms with Crippen LogP contribution in [0.1, 0.15) is 46.5 Å². The van der Waals surface area contributed by atoms with Crippen LogP contribution in [0.25, 0.3) is 0 Å². The van der Waals surface area contributed by atoms with Crippen molar-refractivity contribution < 1.29 is 0 Å². The Balaban J connectivity index is 2.26. The number of rotatable bonds is 6. The molecule has 3 nitrogen and oxygen atoms in total. The number of nitriles is 1. The fourth-order valence-electron chi connectivity index (χ4n) is 2.53. The van der Waals surface area contributed by atoms with Crippen LogP contribution in [-0.4, -0.2) is 36.1 Å². The first-order valence-corrected chi connectivity index (χ1v) is 6.51. The number of hydrogen-bond acceptors (Lipinski definition) is 3. The molecule has 1 N–H and O–H groups in total. The standard InChI is InChI=1S/C13H25N3/c1-4-15-13(3,11-14)8-6-10-16-9-5-7-12(16)2/h12,15H,4-10H2,1-3H3. The van der Waals surface area contributed by atoms with Crippen LogP contribution in [-0.2, 0) is 0 Å². The summed E-state index contributed by atoms with van der Waals surface area (Å²) in [5, 5.41) is 12.4. The van der Waals surface area contributed by atoms with Crippen molar-refractivity contribution >= 4 is 0 Å². The molecule has 1 fully saturated rings. The maximum Gasteiger partial charge on any atom is 0.103 e. The van der Waals surface area contributed by atoms with Crippen LogP contribution in [0.4, 0.5) is 0 Å². The van der Waals surface area contributed by atoms with Gasteiger partial charge in [-0.2, -0.15) is 5.26 Å². The van der Waals surface area contributed by atoms with Crippen LogP contribution in [0, 0.1) is 11.3 Å². The van der Waals surface area contributed by atoms with E-state index in [2.05, 4.69) is 30.1 Å². The van der Waals surface area contributed by atoms with Crippen LogP contribution in [0.15, 0.2) is 0 Å². The first-order chi connectivity index (χ1) is 7.61. The maximum atomic E-state index is 9.13. The van der Waals surface area contributed by atoms with Crippen LogP contribution >= 0.6 is 0 Å². The average molecular weight is 223 g/mol. The summed E-state index contributed by atoms with van der Waals surface area (Å²) < 4.78 is 0. The zero-order chi connectivity index (χ0) is 12.0. The summed E-state index contributed by atoms with van der Waals surface area (Å²) >= 11 is 0. The van der Waals surface area contributed by atoms with Crippen molar-refractivity contribution in [3.63, 3.8) is 0 Å². The summed E-state index contributed by atoms with van der Waals surface area (Å²) in [6, 6.07) is 3.13. The molecule has 0 aromatic rings. The van der Waals surface area contributed by atoms with Gasteiger partial charge in [-0.3, -0.25) is 5.32 Å². The molecule has 0 aromatic heterocycles. The summed E-state index contributed by atoms with van der Waals surface area (Å²) in [5.74, 6) is 0. The highest BCUT2D eigenvalue weighted by molar-refractivity contribution is 5.03. The lowest BCUT2D eigenvalue weighted by atomic mass is 9.97. The molecule has 3 heteroatoms. The van der Waals surface area contributed by atoms with Gasteiger partial charge in [0.25, 0.3) is 0 Å². The summed E-state index contributed by atoms with van der Waals surface area (Å²) in [5.41, 5.74) is -0.336. The Morgan fingerprint density at radius 2 is 2.31 bits per heavy atom. The predicted octanol–water partition coefficient (Wildman–Crippen LogP) is 2.14. The topological polar surface area (TPSA) is 39.1 Å². The second-order valence-corrected chi connectivity index (χ2v) is 5.11. The molecule has 0 aromatic carbocycles. The van der Waals surface area contributed by atoms with Crippen molar-refractivity contribution in [3.05, 3.63) is 0 Å². The van der Waals surface area contributed by atoms with Gasteiger partial charge in [-0.25, -0.2) is 0 Å². The van der Waals surface area contributed by atoms with Crippen molar-refractivity contribution in [3.8, 4) is 6.07 Å². The lowest BCUT2D eigenvalue weighted by molar-refractivity contribution is 0.253. The highest BCUT2D eigenvalue weighted by Crippen LogP contribution is 2.18. The first kappa shape index (κ1) is 13.5. The SMILES string of the molecule is CCNC(C)(C#N)CCCN1CCCC1C. The maximum absolute atomic E-state index is 9.13. The number of nitrogens with one attached hydrogen (secondary N) is 1. The van der Waals surface area contributed by atoms with E-state index in [1.807, 2.05) is 6.92 Å². The minimum Gasteiger partial charge on any atom is -0.301 e. The van der Waals surface area contributed by atoms with Gasteiger partial charge in [0.1, 0.15) is 5.54 Å². The molecule has 2 unspecified atom stereocenters. The largest absolute Gasteiger partial charge is 0.301 e. The lowest BCUT2D eigenvalue weighted by Crippen LogP contribution is -2.41. The quantitative estimate of drug-likeness (QED) is 0.750. The Kier molecular flexibility index (Phi) is 5.24. The smallest absolute Gasteiger partial charge is 0.103 e. The van der Waals surface area contributed by atoms with Gasteiger partial charge in [0.2, 0.25) is 0 Å². The molecule has 0 saturated carbocycles. The van der Waals surface area contributed by atoms with Crippen LogP contribution < -0.4 is 5.32 Å². The molecular formula is C13H25N3. The normalized spacial score (nSPS) is 25.2. The zero-order valence-corrected chi connectivity index (χ0v) is 10.9. The molecule has 0 radical (unpaired) electrons. The molecule has 2 atom stereocenters. The molecule has 0 bridgehead atoms. The number of likely N-dealkylation sites (tertiary alicyclic amines) is 1. The van der Waals surface area contributed by atoms with Crippen molar-refractivity contribution in [1.29, 1.82) is 5.26 Å². The van der Waals surface area contributed by atoms with E-state index in [0.29, 0.717) is 0 Å². The second-order valence-electron chi connectivity index (χ2n) is 5.11. The summed E-state index contributed by atoms with van der Waals surface area (Å²) in [7, 11) is 0. The van der Waals surface area contributed by atoms with Gasteiger partial charge in [-0.15, -0.1) is 0 Å². The van der Waals surface area contributed by atoms with E-state index in [-0.39, 0.29) is 5.54 Å². The minimum atomic E-state index is -0.336. The van der Waals surface area contributed by atoms with E-state index in [1.54, 1.807) is 0 Å². The van der Waals surface area contributed by atoms with E-state index in [9.17, 15) is 0 Å². The average Bonchev–Trinajstić information content (AvgIpc) is 2.65. The number of hydrogen-bond donors (Lipinski definition) is 1. The first-order valence-electron chi connectivity index (χ1n) is 6.51. The molecule has 1 aliphatic rings. The highest BCUT2D eigenvalue weighted by Gasteiger charge is 2.24. The van der Waals surface area contributed by atoms with E-state index < -0.39 is 0 Å². The summed E-state index contributed by atoms with van der Waals surface area (Å²) in [6.45, 7) is 9.61. The Hall–Kier alpha value is -0.590. The lowest BCUT2D eigenvalue weighted by Gasteiger charge is -2.25. The van der Waals surface area contributed by atoms with Gasteiger partial charge < -0.3 is 4.90 Å². The van der Waals surface area contributed by atoms with Crippen molar-refractivity contribution in [2.24, 2.45) is 0 Å². The molecule has 1 saturated heterocycles. The third kappa shape index (κ3) is 3.77. The van der Waals surface area contributed by atoms with E-state index in [4.69, 9.17) is 5.26 Å². The molecule has 1 aliphatic heterocycles. The number of nitrogens with zero attached hydrogens (tertiary/aromatic N) is 2. The molecule has 1 heterocycles. The van der Waals surface area contributed by atoms with Crippen LogP contribution in [0.5, 0.6) is 0 Å². The Morgan fingerprint density at radius 3 is 2.81 bits per heavy atom. The molecule has 1 rings (SSSR count). The minimum absolute atomic E-state index is 0.336. The molecule has 0 aliphatic carbocycles. The molecule has 16 heavy (non-hydrogen) atoms. The third-order valence-electron chi connectivity index (χ3n) is 3.63. The van der Waals surface area contributed by atoms with Crippen molar-refractivity contribution in [1.82, 2.24) is 10.2 Å². The Labute approximate surface area is 99.8 Å². The Bertz CT molecular complexity index is 246. The van der Waals surface area contributed by atoms with Crippen molar-refractivity contribution in [2.75, 3.05) is 19.6 Å².